The number of hydrogen-bond donors (Lipinski definition) is 1. The van der Waals surface area contributed by atoms with Crippen molar-refractivity contribution in [1.82, 2.24) is 0 Å². The number of methoxy groups -OCH3 is 3. The highest BCUT2D eigenvalue weighted by molar-refractivity contribution is 5.51. The monoisotopic (exact) mass is 254 g/mol. The summed E-state index contributed by atoms with van der Waals surface area (Å²) < 4.78 is 21.5. The molecule has 0 bridgehead atoms. The van der Waals surface area contributed by atoms with Crippen LogP contribution in [0.3, 0.4) is 0 Å². The van der Waals surface area contributed by atoms with Crippen LogP contribution in [0.4, 0.5) is 0 Å². The van der Waals surface area contributed by atoms with Gasteiger partial charge in [-0.3, -0.25) is 0 Å². The third kappa shape index (κ3) is 2.23. The molecule has 1 aromatic carbocycles. The van der Waals surface area contributed by atoms with Gasteiger partial charge < -0.3 is 24.1 Å². The van der Waals surface area contributed by atoms with Gasteiger partial charge in [0.15, 0.2) is 11.5 Å². The van der Waals surface area contributed by atoms with E-state index >= 15 is 0 Å². The molecule has 1 aliphatic rings. The van der Waals surface area contributed by atoms with Gasteiger partial charge in [0.2, 0.25) is 5.75 Å². The summed E-state index contributed by atoms with van der Waals surface area (Å²) in [4.78, 5) is 0. The van der Waals surface area contributed by atoms with Crippen molar-refractivity contribution >= 4 is 0 Å². The summed E-state index contributed by atoms with van der Waals surface area (Å²) in [5.41, 5.74) is 0. The molecule has 5 nitrogen and oxygen atoms in total. The number of rotatable bonds is 5. The van der Waals surface area contributed by atoms with Gasteiger partial charge in [-0.1, -0.05) is 6.07 Å². The number of benzene rings is 1. The molecular formula is C13H18O5. The molecule has 1 aliphatic carbocycles. The second-order valence-electron chi connectivity index (χ2n) is 4.15. The van der Waals surface area contributed by atoms with Crippen LogP contribution < -0.4 is 14.2 Å². The molecule has 2 rings (SSSR count). The fourth-order valence-electron chi connectivity index (χ4n) is 2.07. The molecule has 0 amide bonds. The molecular weight excluding hydrogens is 236 g/mol. The predicted molar refractivity (Wildman–Crippen MR) is 65.4 cm³/mol. The molecule has 3 atom stereocenters. The molecule has 0 aromatic heterocycles. The van der Waals surface area contributed by atoms with Crippen molar-refractivity contribution in [2.45, 2.75) is 24.7 Å². The minimum Gasteiger partial charge on any atom is -0.493 e. The Morgan fingerprint density at radius 1 is 1.11 bits per heavy atom. The Bertz CT molecular complexity index is 384. The summed E-state index contributed by atoms with van der Waals surface area (Å²) in [6.45, 7) is 0. The van der Waals surface area contributed by atoms with E-state index in [0.29, 0.717) is 23.7 Å². The topological polar surface area (TPSA) is 57.2 Å². The first-order valence-electron chi connectivity index (χ1n) is 5.79. The SMILES string of the molecule is COc1cccc(OC)c1OC1CC(O)C1OC. The van der Waals surface area contributed by atoms with Gasteiger partial charge in [-0.25, -0.2) is 0 Å². The van der Waals surface area contributed by atoms with Crippen molar-refractivity contribution in [1.29, 1.82) is 0 Å². The molecule has 1 N–H and O–H groups in total. The summed E-state index contributed by atoms with van der Waals surface area (Å²) in [5, 5.41) is 9.54. The molecule has 0 saturated heterocycles. The minimum atomic E-state index is -0.472. The standard InChI is InChI=1S/C13H18O5/c1-15-9-5-4-6-10(16-2)13(9)18-11-7-8(14)12(11)17-3/h4-6,8,11-12,14H,7H2,1-3H3. The van der Waals surface area contributed by atoms with E-state index in [0.717, 1.165) is 0 Å². The quantitative estimate of drug-likeness (QED) is 0.856. The molecule has 100 valence electrons. The Balaban J connectivity index is 2.18. The predicted octanol–water partition coefficient (Wildman–Crippen LogP) is 1.23. The zero-order valence-corrected chi connectivity index (χ0v) is 10.8. The van der Waals surface area contributed by atoms with Crippen molar-refractivity contribution < 1.29 is 24.1 Å². The van der Waals surface area contributed by atoms with E-state index in [-0.39, 0.29) is 12.2 Å². The van der Waals surface area contributed by atoms with Crippen LogP contribution in [0.15, 0.2) is 18.2 Å². The van der Waals surface area contributed by atoms with E-state index in [9.17, 15) is 5.11 Å². The maximum absolute atomic E-state index is 9.54. The molecule has 18 heavy (non-hydrogen) atoms. The van der Waals surface area contributed by atoms with E-state index < -0.39 is 6.10 Å². The number of aliphatic hydroxyl groups is 1. The minimum absolute atomic E-state index is 0.185. The van der Waals surface area contributed by atoms with Crippen molar-refractivity contribution in [2.24, 2.45) is 0 Å². The lowest BCUT2D eigenvalue weighted by atomic mass is 9.88. The highest BCUT2D eigenvalue weighted by Gasteiger charge is 2.43. The van der Waals surface area contributed by atoms with Crippen LogP contribution in [0.25, 0.3) is 0 Å². The average molecular weight is 254 g/mol. The summed E-state index contributed by atoms with van der Waals surface area (Å²) in [5.74, 6) is 1.75. The number of ether oxygens (including phenoxy) is 4. The van der Waals surface area contributed by atoms with Gasteiger partial charge in [0.25, 0.3) is 0 Å². The lowest BCUT2D eigenvalue weighted by Crippen LogP contribution is -2.54. The van der Waals surface area contributed by atoms with Crippen LogP contribution in [-0.4, -0.2) is 44.7 Å². The van der Waals surface area contributed by atoms with Gasteiger partial charge in [0.1, 0.15) is 12.2 Å². The Kier molecular flexibility index (Phi) is 3.93. The summed E-state index contributed by atoms with van der Waals surface area (Å²) in [6.07, 6.45) is -0.421. The second-order valence-corrected chi connectivity index (χ2v) is 4.15. The summed E-state index contributed by atoms with van der Waals surface area (Å²) >= 11 is 0. The van der Waals surface area contributed by atoms with E-state index in [2.05, 4.69) is 0 Å². The Labute approximate surface area is 106 Å². The van der Waals surface area contributed by atoms with E-state index in [1.165, 1.54) is 0 Å². The molecule has 0 heterocycles. The van der Waals surface area contributed by atoms with Gasteiger partial charge in [0.05, 0.1) is 20.3 Å². The van der Waals surface area contributed by atoms with Crippen LogP contribution in [0, 0.1) is 0 Å². The Hall–Kier alpha value is -1.46. The smallest absolute Gasteiger partial charge is 0.203 e. The first-order valence-corrected chi connectivity index (χ1v) is 5.79. The Morgan fingerprint density at radius 2 is 1.72 bits per heavy atom. The highest BCUT2D eigenvalue weighted by Crippen LogP contribution is 2.40. The number of para-hydroxylation sites is 1. The maximum Gasteiger partial charge on any atom is 0.203 e. The first kappa shape index (κ1) is 13.0. The van der Waals surface area contributed by atoms with Crippen molar-refractivity contribution in [2.75, 3.05) is 21.3 Å². The second kappa shape index (κ2) is 5.46. The molecule has 0 radical (unpaired) electrons. The van der Waals surface area contributed by atoms with Gasteiger partial charge >= 0.3 is 0 Å². The van der Waals surface area contributed by atoms with Crippen molar-refractivity contribution in [3.8, 4) is 17.2 Å². The first-order chi connectivity index (χ1) is 8.71. The summed E-state index contributed by atoms with van der Waals surface area (Å²) in [7, 11) is 4.71. The lowest BCUT2D eigenvalue weighted by Gasteiger charge is -2.40. The van der Waals surface area contributed by atoms with Crippen LogP contribution in [0.2, 0.25) is 0 Å². The molecule has 0 aliphatic heterocycles. The van der Waals surface area contributed by atoms with Crippen LogP contribution in [0.5, 0.6) is 17.2 Å². The molecule has 1 saturated carbocycles. The van der Waals surface area contributed by atoms with Crippen LogP contribution in [0.1, 0.15) is 6.42 Å². The van der Waals surface area contributed by atoms with Gasteiger partial charge in [-0.15, -0.1) is 0 Å². The van der Waals surface area contributed by atoms with E-state index in [1.807, 2.05) is 6.07 Å². The third-order valence-corrected chi connectivity index (χ3v) is 3.14. The third-order valence-electron chi connectivity index (χ3n) is 3.14. The maximum atomic E-state index is 9.54. The molecule has 0 spiro atoms. The fourth-order valence-corrected chi connectivity index (χ4v) is 2.07. The van der Waals surface area contributed by atoms with Gasteiger partial charge in [0, 0.05) is 13.5 Å². The van der Waals surface area contributed by atoms with Crippen molar-refractivity contribution in [3.05, 3.63) is 18.2 Å². The van der Waals surface area contributed by atoms with Crippen molar-refractivity contribution in [3.63, 3.8) is 0 Å². The number of hydrogen-bond acceptors (Lipinski definition) is 5. The van der Waals surface area contributed by atoms with Gasteiger partial charge in [-0.05, 0) is 12.1 Å². The van der Waals surface area contributed by atoms with E-state index in [1.54, 1.807) is 33.5 Å². The van der Waals surface area contributed by atoms with E-state index in [4.69, 9.17) is 18.9 Å². The molecule has 5 heteroatoms. The molecule has 1 fully saturated rings. The summed E-state index contributed by atoms with van der Waals surface area (Å²) in [6, 6.07) is 5.43. The zero-order valence-electron chi connectivity index (χ0n) is 10.8. The average Bonchev–Trinajstić information content (AvgIpc) is 2.38. The normalized spacial score (nSPS) is 26.3. The Morgan fingerprint density at radius 3 is 2.17 bits per heavy atom. The fraction of sp³-hybridized carbons (Fsp3) is 0.538. The van der Waals surface area contributed by atoms with Crippen LogP contribution >= 0.6 is 0 Å². The highest BCUT2D eigenvalue weighted by atomic mass is 16.6. The molecule has 1 aromatic rings. The number of aliphatic hydroxyl groups excluding tert-OH is 1. The zero-order chi connectivity index (χ0) is 13.1. The lowest BCUT2D eigenvalue weighted by molar-refractivity contribution is -0.149. The van der Waals surface area contributed by atoms with Gasteiger partial charge in [-0.2, -0.15) is 0 Å². The largest absolute Gasteiger partial charge is 0.493 e. The molecule has 3 unspecified atom stereocenters. The van der Waals surface area contributed by atoms with Crippen LogP contribution in [-0.2, 0) is 4.74 Å².